The predicted molar refractivity (Wildman–Crippen MR) is 132 cm³/mol. The molecule has 1 aromatic carbocycles. The van der Waals surface area contributed by atoms with Gasteiger partial charge in [0.1, 0.15) is 5.82 Å². The summed E-state index contributed by atoms with van der Waals surface area (Å²) in [6.45, 7) is 3.43. The number of nitrogens with zero attached hydrogens (tertiary/aromatic N) is 4. The van der Waals surface area contributed by atoms with Crippen molar-refractivity contribution in [3.63, 3.8) is 0 Å². The number of aromatic nitrogens is 5. The Balaban J connectivity index is 1.53. The highest BCUT2D eigenvalue weighted by Crippen LogP contribution is 2.40. The Morgan fingerprint density at radius 2 is 2.09 bits per heavy atom. The molecule has 0 saturated carbocycles. The van der Waals surface area contributed by atoms with E-state index < -0.39 is 5.82 Å². The zero-order valence-electron chi connectivity index (χ0n) is 19.3. The molecular weight excluding hydrogens is 473 g/mol. The lowest BCUT2D eigenvalue weighted by Crippen LogP contribution is -2.24. The van der Waals surface area contributed by atoms with E-state index in [9.17, 15) is 14.0 Å². The summed E-state index contributed by atoms with van der Waals surface area (Å²) in [6, 6.07) is 7.51. The van der Waals surface area contributed by atoms with Crippen molar-refractivity contribution in [2.75, 3.05) is 11.1 Å². The lowest BCUT2D eigenvalue weighted by atomic mass is 9.99. The van der Waals surface area contributed by atoms with Crippen molar-refractivity contribution in [3.05, 3.63) is 69.2 Å². The molecule has 35 heavy (non-hydrogen) atoms. The zero-order valence-corrected chi connectivity index (χ0v) is 20.0. The van der Waals surface area contributed by atoms with Gasteiger partial charge in [-0.3, -0.25) is 14.3 Å². The number of amides is 1. The maximum atomic E-state index is 14.8. The van der Waals surface area contributed by atoms with Crippen LogP contribution in [0.2, 0.25) is 5.02 Å². The number of carbonyl (C=O) groups excluding carboxylic acids is 1. The van der Waals surface area contributed by atoms with Crippen molar-refractivity contribution in [1.29, 1.82) is 0 Å². The lowest BCUT2D eigenvalue weighted by molar-refractivity contribution is -0.114. The number of pyridine rings is 1. The minimum absolute atomic E-state index is 0.0211. The molecule has 1 aliphatic rings. The van der Waals surface area contributed by atoms with Crippen molar-refractivity contribution in [3.8, 4) is 22.5 Å². The van der Waals surface area contributed by atoms with Gasteiger partial charge in [-0.2, -0.15) is 5.10 Å². The molecule has 4 aromatic rings. The summed E-state index contributed by atoms with van der Waals surface area (Å²) in [4.78, 5) is 32.4. The molecule has 9 nitrogen and oxygen atoms in total. The normalized spacial score (nSPS) is 16.9. The van der Waals surface area contributed by atoms with Crippen molar-refractivity contribution < 1.29 is 9.18 Å². The number of fused-ring (bicyclic) bond motifs is 1. The van der Waals surface area contributed by atoms with E-state index in [0.717, 1.165) is 11.4 Å². The molecule has 0 aliphatic carbocycles. The molecule has 5 rings (SSSR count). The molecule has 1 aliphatic heterocycles. The number of nitrogen functional groups attached to an aromatic ring is 1. The molecule has 4 N–H and O–H groups in total. The average Bonchev–Trinajstić information content (AvgIpc) is 3.48. The third-order valence-electron chi connectivity index (χ3n) is 6.28. The molecule has 0 unspecified atom stereocenters. The Kier molecular flexibility index (Phi) is 5.47. The lowest BCUT2D eigenvalue weighted by Gasteiger charge is -2.15. The molecule has 1 amide bonds. The van der Waals surface area contributed by atoms with Gasteiger partial charge in [0.15, 0.2) is 11.6 Å². The number of hydrogen-bond donors (Lipinski definition) is 3. The fraction of sp³-hybridized carbons (Fsp3) is 0.250. The number of anilines is 2. The van der Waals surface area contributed by atoms with Crippen molar-refractivity contribution >= 4 is 29.0 Å². The number of H-pyrrole nitrogens is 1. The second-order valence-electron chi connectivity index (χ2n) is 8.76. The van der Waals surface area contributed by atoms with Crippen LogP contribution in [0.4, 0.5) is 15.9 Å². The molecule has 0 bridgehead atoms. The molecule has 0 spiro atoms. The Morgan fingerprint density at radius 3 is 2.83 bits per heavy atom. The van der Waals surface area contributed by atoms with Crippen molar-refractivity contribution in [2.45, 2.75) is 32.2 Å². The van der Waals surface area contributed by atoms with Gasteiger partial charge in [-0.15, -0.1) is 0 Å². The summed E-state index contributed by atoms with van der Waals surface area (Å²) in [6.07, 6.45) is 2.32. The molecule has 4 heterocycles. The molecule has 0 fully saturated rings. The summed E-state index contributed by atoms with van der Waals surface area (Å²) < 4.78 is 18.1. The van der Waals surface area contributed by atoms with Crippen LogP contribution in [0.25, 0.3) is 22.5 Å². The predicted octanol–water partition coefficient (Wildman–Crippen LogP) is 4.07. The summed E-state index contributed by atoms with van der Waals surface area (Å²) >= 11 is 5.96. The number of benzene rings is 1. The van der Waals surface area contributed by atoms with Crippen LogP contribution in [0.5, 0.6) is 0 Å². The van der Waals surface area contributed by atoms with Crippen LogP contribution in [-0.4, -0.2) is 30.2 Å². The van der Waals surface area contributed by atoms with E-state index >= 15 is 0 Å². The van der Waals surface area contributed by atoms with Gasteiger partial charge in [0.05, 0.1) is 28.6 Å². The third kappa shape index (κ3) is 3.89. The van der Waals surface area contributed by atoms with Gasteiger partial charge in [-0.05, 0) is 36.1 Å². The summed E-state index contributed by atoms with van der Waals surface area (Å²) in [5.74, 6) is 0.213. The van der Waals surface area contributed by atoms with E-state index in [1.165, 1.54) is 25.1 Å². The fourth-order valence-corrected chi connectivity index (χ4v) is 4.87. The highest BCUT2D eigenvalue weighted by Gasteiger charge is 2.33. The van der Waals surface area contributed by atoms with Gasteiger partial charge in [0.2, 0.25) is 5.91 Å². The maximum Gasteiger partial charge on any atom is 0.252 e. The van der Waals surface area contributed by atoms with Gasteiger partial charge in [-0.1, -0.05) is 18.5 Å². The number of nitrogens with one attached hydrogen (secondary N) is 2. The summed E-state index contributed by atoms with van der Waals surface area (Å²) in [5.41, 5.74) is 8.66. The number of aryl methyl sites for hydroxylation is 1. The van der Waals surface area contributed by atoms with E-state index in [0.29, 0.717) is 29.3 Å². The van der Waals surface area contributed by atoms with Crippen LogP contribution in [0, 0.1) is 5.82 Å². The Hall–Kier alpha value is -3.92. The Labute approximate surface area is 204 Å². The van der Waals surface area contributed by atoms with Crippen LogP contribution in [0.15, 0.2) is 41.3 Å². The number of nitrogens with two attached hydrogens (primary N) is 1. The molecule has 3 aromatic heterocycles. The SMILES string of the molecule is CC(=O)Nc1cc(-c2cnc([C@@H]3C[C@H](C)c4cc(-c5c(N)ccc(Cl)c5F)cc(=O)n43)[nH]2)n(C)n1. The van der Waals surface area contributed by atoms with Crippen LogP contribution in [0.3, 0.4) is 0 Å². The molecule has 0 radical (unpaired) electrons. The Bertz CT molecular complexity index is 1540. The van der Waals surface area contributed by atoms with Gasteiger partial charge in [-0.25, -0.2) is 9.37 Å². The van der Waals surface area contributed by atoms with Crippen molar-refractivity contribution in [2.24, 2.45) is 7.05 Å². The maximum absolute atomic E-state index is 14.8. The van der Waals surface area contributed by atoms with Crippen LogP contribution >= 0.6 is 11.6 Å². The number of hydrogen-bond acceptors (Lipinski definition) is 5. The van der Waals surface area contributed by atoms with E-state index in [1.807, 2.05) is 6.92 Å². The first-order valence-corrected chi connectivity index (χ1v) is 11.4. The Morgan fingerprint density at radius 1 is 1.31 bits per heavy atom. The minimum atomic E-state index is -0.649. The second-order valence-corrected chi connectivity index (χ2v) is 9.16. The van der Waals surface area contributed by atoms with E-state index in [1.54, 1.807) is 34.6 Å². The minimum Gasteiger partial charge on any atom is -0.398 e. The molecule has 180 valence electrons. The largest absolute Gasteiger partial charge is 0.398 e. The number of carbonyl (C=O) groups is 1. The first-order chi connectivity index (χ1) is 16.6. The van der Waals surface area contributed by atoms with Crippen molar-refractivity contribution in [1.82, 2.24) is 24.3 Å². The zero-order chi connectivity index (χ0) is 25.0. The van der Waals surface area contributed by atoms with Crippen LogP contribution in [0.1, 0.15) is 43.7 Å². The van der Waals surface area contributed by atoms with Gasteiger partial charge < -0.3 is 20.6 Å². The molecular formula is C24H23ClFN7O2. The van der Waals surface area contributed by atoms with E-state index in [-0.39, 0.29) is 39.7 Å². The first-order valence-electron chi connectivity index (χ1n) is 11.0. The highest BCUT2D eigenvalue weighted by molar-refractivity contribution is 6.31. The number of rotatable bonds is 4. The second kappa shape index (κ2) is 8.38. The fourth-order valence-electron chi connectivity index (χ4n) is 4.71. The standard InChI is InChI=1S/C24H23ClFN7O2/c1-11-6-19(24-28-10-16(30-24)18-9-20(29-12(2)34)31-32(18)3)33-17(11)7-13(8-21(33)35)22-15(27)5-4-14(25)23(22)26/h4-5,7-11,19H,6,27H2,1-3H3,(H,28,30)(H,29,31,34)/t11-,19-/m0/s1. The topological polar surface area (TPSA) is 124 Å². The molecule has 0 saturated heterocycles. The van der Waals surface area contributed by atoms with Crippen LogP contribution < -0.4 is 16.6 Å². The third-order valence-corrected chi connectivity index (χ3v) is 6.57. The summed E-state index contributed by atoms with van der Waals surface area (Å²) in [5, 5.41) is 6.89. The number of halogens is 2. The first kappa shape index (κ1) is 22.9. The monoisotopic (exact) mass is 495 g/mol. The number of imidazole rings is 1. The quantitative estimate of drug-likeness (QED) is 0.368. The van der Waals surface area contributed by atoms with Gasteiger partial charge in [0, 0.05) is 43.0 Å². The van der Waals surface area contributed by atoms with E-state index in [2.05, 4.69) is 20.4 Å². The smallest absolute Gasteiger partial charge is 0.252 e. The average molecular weight is 496 g/mol. The molecule has 2 atom stereocenters. The molecule has 11 heteroatoms. The highest BCUT2D eigenvalue weighted by atomic mass is 35.5. The van der Waals surface area contributed by atoms with Gasteiger partial charge in [0.25, 0.3) is 5.56 Å². The summed E-state index contributed by atoms with van der Waals surface area (Å²) in [7, 11) is 1.76. The number of aromatic amines is 1. The van der Waals surface area contributed by atoms with Gasteiger partial charge >= 0.3 is 0 Å². The van der Waals surface area contributed by atoms with Crippen LogP contribution in [-0.2, 0) is 11.8 Å². The van der Waals surface area contributed by atoms with E-state index in [4.69, 9.17) is 17.3 Å².